The summed E-state index contributed by atoms with van der Waals surface area (Å²) in [6.45, 7) is 3.65. The second-order valence-electron chi connectivity index (χ2n) is 6.15. The monoisotopic (exact) mass is 329 g/mol. The van der Waals surface area contributed by atoms with Gasteiger partial charge in [-0.1, -0.05) is 0 Å². The molecule has 3 rings (SSSR count). The first kappa shape index (κ1) is 16.5. The molecule has 0 aliphatic carbocycles. The lowest BCUT2D eigenvalue weighted by Crippen LogP contribution is -2.44. The van der Waals surface area contributed by atoms with Gasteiger partial charge in [0.15, 0.2) is 0 Å². The van der Waals surface area contributed by atoms with Gasteiger partial charge in [-0.2, -0.15) is 0 Å². The first-order valence-electron chi connectivity index (χ1n) is 8.41. The van der Waals surface area contributed by atoms with Crippen LogP contribution in [0.5, 0.6) is 0 Å². The van der Waals surface area contributed by atoms with E-state index >= 15 is 0 Å². The van der Waals surface area contributed by atoms with Crippen molar-refractivity contribution in [3.63, 3.8) is 0 Å². The fourth-order valence-electron chi connectivity index (χ4n) is 2.97. The first-order valence-corrected chi connectivity index (χ1v) is 8.41. The van der Waals surface area contributed by atoms with Crippen LogP contribution in [0.4, 0.5) is 0 Å². The number of aryl methyl sites for hydroxylation is 1. The van der Waals surface area contributed by atoms with Gasteiger partial charge in [0.1, 0.15) is 6.33 Å². The highest BCUT2D eigenvalue weighted by Crippen LogP contribution is 2.13. The molecule has 8 heteroatoms. The molecule has 0 spiro atoms. The van der Waals surface area contributed by atoms with E-state index < -0.39 is 0 Å². The average molecular weight is 329 g/mol. The maximum absolute atomic E-state index is 12.0. The summed E-state index contributed by atoms with van der Waals surface area (Å²) in [5.41, 5.74) is 1.29. The summed E-state index contributed by atoms with van der Waals surface area (Å²) in [7, 11) is 0. The molecule has 0 atom stereocenters. The first-order chi connectivity index (χ1) is 11.8. The molecule has 1 aliphatic heterocycles. The Labute approximate surface area is 141 Å². The normalized spacial score (nSPS) is 16.2. The summed E-state index contributed by atoms with van der Waals surface area (Å²) in [5, 5.41) is 14.1. The zero-order valence-corrected chi connectivity index (χ0v) is 13.7. The van der Waals surface area contributed by atoms with E-state index in [1.807, 2.05) is 12.4 Å². The zero-order chi connectivity index (χ0) is 16.6. The van der Waals surface area contributed by atoms with Crippen molar-refractivity contribution in [1.29, 1.82) is 0 Å². The smallest absolute Gasteiger partial charge is 0.220 e. The topological polar surface area (TPSA) is 88.8 Å². The number of carbonyl (C=O) groups excluding carboxylic acids is 1. The van der Waals surface area contributed by atoms with E-state index in [4.69, 9.17) is 0 Å². The Bertz CT molecular complexity index is 609. The Morgan fingerprint density at radius 3 is 2.75 bits per heavy atom. The minimum Gasteiger partial charge on any atom is -0.353 e. The molecule has 0 radical (unpaired) electrons. The van der Waals surface area contributed by atoms with Crippen molar-refractivity contribution < 1.29 is 4.79 Å². The number of pyridine rings is 1. The predicted octanol–water partition coefficient (Wildman–Crippen LogP) is 0.629. The van der Waals surface area contributed by atoms with Gasteiger partial charge in [-0.05, 0) is 47.4 Å². The van der Waals surface area contributed by atoms with Crippen molar-refractivity contribution in [2.75, 3.05) is 13.1 Å². The number of aromatic nitrogens is 5. The summed E-state index contributed by atoms with van der Waals surface area (Å²) in [4.78, 5) is 18.5. The van der Waals surface area contributed by atoms with Crippen molar-refractivity contribution in [1.82, 2.24) is 35.4 Å². The van der Waals surface area contributed by atoms with Crippen molar-refractivity contribution >= 4 is 5.91 Å². The van der Waals surface area contributed by atoms with Gasteiger partial charge in [0, 0.05) is 51.0 Å². The van der Waals surface area contributed by atoms with Crippen LogP contribution < -0.4 is 5.32 Å². The summed E-state index contributed by atoms with van der Waals surface area (Å²) < 4.78 is 1.64. The van der Waals surface area contributed by atoms with Crippen LogP contribution in [0.15, 0.2) is 30.9 Å². The average Bonchev–Trinajstić information content (AvgIpc) is 3.11. The molecule has 1 fully saturated rings. The third-order valence-electron chi connectivity index (χ3n) is 4.29. The fourth-order valence-corrected chi connectivity index (χ4v) is 2.97. The van der Waals surface area contributed by atoms with Crippen LogP contribution in [0.2, 0.25) is 0 Å². The molecule has 1 N–H and O–H groups in total. The largest absolute Gasteiger partial charge is 0.353 e. The Kier molecular flexibility index (Phi) is 5.84. The van der Waals surface area contributed by atoms with Gasteiger partial charge in [-0.3, -0.25) is 14.7 Å². The third kappa shape index (κ3) is 5.09. The van der Waals surface area contributed by atoms with Crippen LogP contribution in [0.1, 0.15) is 31.2 Å². The Morgan fingerprint density at radius 1 is 1.25 bits per heavy atom. The molecule has 0 bridgehead atoms. The molecule has 3 heterocycles. The Morgan fingerprint density at radius 2 is 2.04 bits per heavy atom. The van der Waals surface area contributed by atoms with E-state index in [0.717, 1.165) is 38.9 Å². The molecular formula is C16H23N7O. The Hall–Kier alpha value is -2.35. The highest BCUT2D eigenvalue weighted by Gasteiger charge is 2.20. The van der Waals surface area contributed by atoms with Gasteiger partial charge in [-0.15, -0.1) is 5.10 Å². The lowest BCUT2D eigenvalue weighted by Gasteiger charge is -2.32. The van der Waals surface area contributed by atoms with Crippen molar-refractivity contribution in [2.45, 2.75) is 44.8 Å². The lowest BCUT2D eigenvalue weighted by molar-refractivity contribution is -0.122. The van der Waals surface area contributed by atoms with Gasteiger partial charge in [-0.25, -0.2) is 4.68 Å². The molecule has 0 unspecified atom stereocenters. The van der Waals surface area contributed by atoms with E-state index in [2.05, 4.69) is 42.9 Å². The molecule has 0 aromatic carbocycles. The second-order valence-corrected chi connectivity index (χ2v) is 6.15. The van der Waals surface area contributed by atoms with Crippen molar-refractivity contribution in [3.8, 4) is 0 Å². The maximum Gasteiger partial charge on any atom is 0.220 e. The van der Waals surface area contributed by atoms with E-state index in [1.54, 1.807) is 11.0 Å². The molecule has 1 amide bonds. The quantitative estimate of drug-likeness (QED) is 0.801. The lowest BCUT2D eigenvalue weighted by atomic mass is 10.0. The van der Waals surface area contributed by atoms with E-state index in [1.165, 1.54) is 5.56 Å². The minimum atomic E-state index is 0.121. The highest BCUT2D eigenvalue weighted by molar-refractivity contribution is 5.76. The third-order valence-corrected chi connectivity index (χ3v) is 4.29. The number of piperidine rings is 1. The van der Waals surface area contributed by atoms with Gasteiger partial charge in [0.2, 0.25) is 5.91 Å². The number of hydrogen-bond acceptors (Lipinski definition) is 6. The molecule has 128 valence electrons. The predicted molar refractivity (Wildman–Crippen MR) is 87.7 cm³/mol. The second kappa shape index (κ2) is 8.49. The van der Waals surface area contributed by atoms with E-state index in [-0.39, 0.29) is 5.91 Å². The van der Waals surface area contributed by atoms with Crippen molar-refractivity contribution in [2.24, 2.45) is 0 Å². The number of tetrazole rings is 1. The summed E-state index contributed by atoms with van der Waals surface area (Å²) >= 11 is 0. The number of rotatable bonds is 7. The molecule has 1 aliphatic rings. The number of amides is 1. The molecule has 2 aromatic rings. The van der Waals surface area contributed by atoms with Gasteiger partial charge < -0.3 is 5.32 Å². The molecule has 2 aromatic heterocycles. The Balaban J connectivity index is 1.32. The van der Waals surface area contributed by atoms with Crippen LogP contribution in [0, 0.1) is 0 Å². The van der Waals surface area contributed by atoms with Crippen LogP contribution in [-0.2, 0) is 17.9 Å². The number of nitrogens with one attached hydrogen (secondary N) is 1. The molecule has 1 saturated heterocycles. The van der Waals surface area contributed by atoms with Gasteiger partial charge in [0.05, 0.1) is 0 Å². The SMILES string of the molecule is O=C(CCCn1cnnn1)NC1CCN(Cc2ccncc2)CC1. The minimum absolute atomic E-state index is 0.121. The highest BCUT2D eigenvalue weighted by atomic mass is 16.1. The van der Waals surface area contributed by atoms with Crippen LogP contribution in [0.3, 0.4) is 0 Å². The zero-order valence-electron chi connectivity index (χ0n) is 13.7. The molecule has 0 saturated carbocycles. The standard InChI is InChI=1S/C16H23N7O/c24-16(2-1-9-23-13-18-20-21-23)19-15-5-10-22(11-6-15)12-14-3-7-17-8-4-14/h3-4,7-8,13,15H,1-2,5-6,9-12H2,(H,19,24). The van der Waals surface area contributed by atoms with Crippen LogP contribution >= 0.6 is 0 Å². The van der Waals surface area contributed by atoms with E-state index in [0.29, 0.717) is 19.0 Å². The molecular weight excluding hydrogens is 306 g/mol. The summed E-state index contributed by atoms with van der Waals surface area (Å²) in [6, 6.07) is 4.40. The van der Waals surface area contributed by atoms with Gasteiger partial charge >= 0.3 is 0 Å². The van der Waals surface area contributed by atoms with Crippen LogP contribution in [-0.4, -0.2) is 55.1 Å². The number of nitrogens with zero attached hydrogens (tertiary/aromatic N) is 6. The fraction of sp³-hybridized carbons (Fsp3) is 0.562. The summed E-state index contributed by atoms with van der Waals surface area (Å²) in [6.07, 6.45) is 8.49. The number of likely N-dealkylation sites (tertiary alicyclic amines) is 1. The maximum atomic E-state index is 12.0. The summed E-state index contributed by atoms with van der Waals surface area (Å²) in [5.74, 6) is 0.121. The molecule has 24 heavy (non-hydrogen) atoms. The molecule has 8 nitrogen and oxygen atoms in total. The van der Waals surface area contributed by atoms with E-state index in [9.17, 15) is 4.79 Å². The van der Waals surface area contributed by atoms with Crippen molar-refractivity contribution in [3.05, 3.63) is 36.4 Å². The van der Waals surface area contributed by atoms with Crippen LogP contribution in [0.25, 0.3) is 0 Å². The number of hydrogen-bond donors (Lipinski definition) is 1. The van der Waals surface area contributed by atoms with Gasteiger partial charge in [0.25, 0.3) is 0 Å². The number of carbonyl (C=O) groups is 1.